The van der Waals surface area contributed by atoms with Crippen LogP contribution in [0.4, 0.5) is 5.69 Å². The Kier molecular flexibility index (Phi) is 4.80. The molecule has 2 aromatic carbocycles. The summed E-state index contributed by atoms with van der Waals surface area (Å²) in [4.78, 5) is 17.5. The van der Waals surface area contributed by atoms with E-state index in [0.717, 1.165) is 37.1 Å². The Morgan fingerprint density at radius 3 is 2.72 bits per heavy atom. The number of para-hydroxylation sites is 2. The second-order valence-corrected chi connectivity index (χ2v) is 8.67. The van der Waals surface area contributed by atoms with Gasteiger partial charge in [-0.15, -0.1) is 0 Å². The summed E-state index contributed by atoms with van der Waals surface area (Å²) in [6.45, 7) is 1.71. The van der Waals surface area contributed by atoms with Crippen molar-refractivity contribution >= 4 is 11.6 Å². The number of fused-ring (bicyclic) bond motifs is 3. The van der Waals surface area contributed by atoms with Gasteiger partial charge in [0.05, 0.1) is 25.4 Å². The van der Waals surface area contributed by atoms with Gasteiger partial charge in [0.25, 0.3) is 0 Å². The molecule has 2 saturated heterocycles. The van der Waals surface area contributed by atoms with Crippen LogP contribution in [0.25, 0.3) is 0 Å². The van der Waals surface area contributed by atoms with E-state index in [0.29, 0.717) is 25.7 Å². The number of carbonyl (C=O) groups excluding carboxylic acids is 1. The van der Waals surface area contributed by atoms with Gasteiger partial charge in [0.15, 0.2) is 0 Å². The first-order valence-corrected chi connectivity index (χ1v) is 10.6. The van der Waals surface area contributed by atoms with Crippen molar-refractivity contribution in [1.82, 2.24) is 4.90 Å². The molecule has 1 amide bonds. The highest BCUT2D eigenvalue weighted by Gasteiger charge is 2.55. The fraction of sp³-hybridized carbons (Fsp3) is 0.458. The maximum absolute atomic E-state index is 13.3. The van der Waals surface area contributed by atoms with Gasteiger partial charge in [-0.3, -0.25) is 9.69 Å². The molecule has 0 aliphatic carbocycles. The van der Waals surface area contributed by atoms with Gasteiger partial charge in [0.2, 0.25) is 5.91 Å². The van der Waals surface area contributed by atoms with Crippen LogP contribution in [0.2, 0.25) is 0 Å². The molecule has 3 atom stereocenters. The quantitative estimate of drug-likeness (QED) is 0.850. The number of nitrogens with zero attached hydrogens (tertiary/aromatic N) is 2. The van der Waals surface area contributed by atoms with Crippen molar-refractivity contribution in [3.63, 3.8) is 0 Å². The first-order valence-electron chi connectivity index (χ1n) is 10.6. The molecule has 5 nitrogen and oxygen atoms in total. The largest absolute Gasteiger partial charge is 0.490 e. The summed E-state index contributed by atoms with van der Waals surface area (Å²) in [6, 6.07) is 18.8. The van der Waals surface area contributed by atoms with E-state index in [1.54, 1.807) is 0 Å². The molecule has 29 heavy (non-hydrogen) atoms. The van der Waals surface area contributed by atoms with Gasteiger partial charge in [0.1, 0.15) is 12.4 Å². The van der Waals surface area contributed by atoms with Crippen molar-refractivity contribution in [2.45, 2.75) is 37.8 Å². The van der Waals surface area contributed by atoms with Gasteiger partial charge in [0, 0.05) is 17.5 Å². The summed E-state index contributed by atoms with van der Waals surface area (Å²) in [5.74, 6) is 0.913. The number of aliphatic hydroxyl groups excluding tert-OH is 1. The van der Waals surface area contributed by atoms with E-state index in [1.165, 1.54) is 5.56 Å². The summed E-state index contributed by atoms with van der Waals surface area (Å²) in [7, 11) is 0. The third-order valence-corrected chi connectivity index (χ3v) is 7.05. The van der Waals surface area contributed by atoms with E-state index in [9.17, 15) is 9.90 Å². The Balaban J connectivity index is 1.34. The molecule has 0 saturated carbocycles. The minimum Gasteiger partial charge on any atom is -0.490 e. The molecule has 2 fully saturated rings. The zero-order valence-corrected chi connectivity index (χ0v) is 16.7. The second kappa shape index (κ2) is 7.47. The summed E-state index contributed by atoms with van der Waals surface area (Å²) < 4.78 is 5.70. The van der Waals surface area contributed by atoms with Gasteiger partial charge in [-0.05, 0) is 43.4 Å². The number of rotatable bonds is 5. The van der Waals surface area contributed by atoms with Crippen LogP contribution >= 0.6 is 0 Å². The van der Waals surface area contributed by atoms with Crippen LogP contribution < -0.4 is 9.64 Å². The van der Waals surface area contributed by atoms with Crippen LogP contribution in [-0.4, -0.2) is 54.3 Å². The summed E-state index contributed by atoms with van der Waals surface area (Å²) in [5, 5.41) is 10.4. The molecule has 1 N–H and O–H groups in total. The lowest BCUT2D eigenvalue weighted by atomic mass is 9.70. The van der Waals surface area contributed by atoms with Gasteiger partial charge in [-0.1, -0.05) is 42.5 Å². The lowest BCUT2D eigenvalue weighted by Crippen LogP contribution is -2.47. The Hall–Kier alpha value is -2.37. The molecule has 3 aliphatic rings. The van der Waals surface area contributed by atoms with Crippen LogP contribution in [0.15, 0.2) is 54.6 Å². The minimum atomic E-state index is -0.145. The van der Waals surface area contributed by atoms with E-state index in [-0.39, 0.29) is 24.0 Å². The van der Waals surface area contributed by atoms with Crippen LogP contribution in [0.3, 0.4) is 0 Å². The van der Waals surface area contributed by atoms with Crippen molar-refractivity contribution in [1.29, 1.82) is 0 Å². The SMILES string of the molecule is O=C(CN1[C@@H]2CC[C@H]1[C@](CO)(Cc1ccccc1)C2)N1CCOc2ccccc21. The Morgan fingerprint density at radius 2 is 1.90 bits per heavy atom. The number of aliphatic hydroxyl groups is 1. The average molecular weight is 392 g/mol. The smallest absolute Gasteiger partial charge is 0.241 e. The van der Waals surface area contributed by atoms with Crippen LogP contribution in [0, 0.1) is 5.41 Å². The molecular weight excluding hydrogens is 364 g/mol. The lowest BCUT2D eigenvalue weighted by Gasteiger charge is -2.37. The molecule has 5 heteroatoms. The van der Waals surface area contributed by atoms with E-state index in [1.807, 2.05) is 35.2 Å². The molecule has 0 aromatic heterocycles. The number of amides is 1. The molecule has 3 heterocycles. The highest BCUT2D eigenvalue weighted by atomic mass is 16.5. The van der Waals surface area contributed by atoms with Crippen LogP contribution in [0.1, 0.15) is 24.8 Å². The summed E-state index contributed by atoms with van der Waals surface area (Å²) in [5.41, 5.74) is 1.99. The first kappa shape index (κ1) is 18.6. The van der Waals surface area contributed by atoms with E-state index < -0.39 is 0 Å². The fourth-order valence-electron chi connectivity index (χ4n) is 5.75. The monoisotopic (exact) mass is 392 g/mol. The van der Waals surface area contributed by atoms with Crippen molar-refractivity contribution in [3.8, 4) is 5.75 Å². The van der Waals surface area contributed by atoms with Crippen molar-refractivity contribution < 1.29 is 14.6 Å². The maximum Gasteiger partial charge on any atom is 0.241 e. The molecule has 0 unspecified atom stereocenters. The Labute approximate surface area is 171 Å². The standard InChI is InChI=1S/C24H28N2O3/c27-17-24(14-18-6-2-1-3-7-18)15-19-10-11-22(24)26(19)16-23(28)25-12-13-29-21-9-5-4-8-20(21)25/h1-9,19,22,27H,10-17H2/t19-,22+,24-/m1/s1. The molecule has 5 rings (SSSR count). The molecule has 2 aromatic rings. The summed E-state index contributed by atoms with van der Waals surface area (Å²) >= 11 is 0. The second-order valence-electron chi connectivity index (χ2n) is 8.67. The lowest BCUT2D eigenvalue weighted by molar-refractivity contribution is -0.120. The van der Waals surface area contributed by atoms with Crippen LogP contribution in [0.5, 0.6) is 5.75 Å². The van der Waals surface area contributed by atoms with Gasteiger partial charge in [-0.25, -0.2) is 0 Å². The fourth-order valence-corrected chi connectivity index (χ4v) is 5.75. The van der Waals surface area contributed by atoms with E-state index in [4.69, 9.17) is 4.74 Å². The topological polar surface area (TPSA) is 53.0 Å². The van der Waals surface area contributed by atoms with Gasteiger partial charge in [-0.2, -0.15) is 0 Å². The number of ether oxygens (including phenoxy) is 1. The number of hydrogen-bond acceptors (Lipinski definition) is 4. The highest BCUT2D eigenvalue weighted by molar-refractivity contribution is 5.96. The van der Waals surface area contributed by atoms with E-state index >= 15 is 0 Å². The Morgan fingerprint density at radius 1 is 1.10 bits per heavy atom. The third kappa shape index (κ3) is 3.22. The number of hydrogen-bond donors (Lipinski definition) is 1. The number of anilines is 1. The van der Waals surface area contributed by atoms with Crippen molar-refractivity contribution in [3.05, 3.63) is 60.2 Å². The Bertz CT molecular complexity index is 887. The minimum absolute atomic E-state index is 0.131. The predicted octanol–water partition coefficient (Wildman–Crippen LogP) is 2.87. The first-order chi connectivity index (χ1) is 14.2. The average Bonchev–Trinajstić information content (AvgIpc) is 3.28. The zero-order chi connectivity index (χ0) is 19.8. The number of carbonyl (C=O) groups is 1. The normalized spacial score (nSPS) is 28.2. The maximum atomic E-state index is 13.3. The van der Waals surface area contributed by atoms with Crippen LogP contribution in [-0.2, 0) is 11.2 Å². The third-order valence-electron chi connectivity index (χ3n) is 7.05. The van der Waals surface area contributed by atoms with Crippen molar-refractivity contribution in [2.24, 2.45) is 5.41 Å². The summed E-state index contributed by atoms with van der Waals surface area (Å²) in [6.07, 6.45) is 4.02. The molecule has 0 spiro atoms. The van der Waals surface area contributed by atoms with Gasteiger partial charge < -0.3 is 14.7 Å². The zero-order valence-electron chi connectivity index (χ0n) is 16.7. The molecular formula is C24H28N2O3. The van der Waals surface area contributed by atoms with Crippen molar-refractivity contribution in [2.75, 3.05) is 31.2 Å². The molecule has 0 radical (unpaired) electrons. The molecule has 3 aliphatic heterocycles. The number of benzene rings is 2. The van der Waals surface area contributed by atoms with Gasteiger partial charge >= 0.3 is 0 Å². The predicted molar refractivity (Wildman–Crippen MR) is 112 cm³/mol. The molecule has 2 bridgehead atoms. The highest BCUT2D eigenvalue weighted by Crippen LogP contribution is 2.51. The van der Waals surface area contributed by atoms with E-state index in [2.05, 4.69) is 29.2 Å². The molecule has 152 valence electrons.